The topological polar surface area (TPSA) is 41.1 Å². The monoisotopic (exact) mass is 204 g/mol. The quantitative estimate of drug-likeness (QED) is 0.703. The van der Waals surface area contributed by atoms with Crippen molar-refractivity contribution in [1.29, 1.82) is 0 Å². The largest absolute Gasteiger partial charge is 0.355 e. The molecule has 1 aliphatic carbocycles. The first-order chi connectivity index (χ1) is 6.57. The van der Waals surface area contributed by atoms with E-state index in [9.17, 15) is 13.6 Å². The zero-order chi connectivity index (χ0) is 10.2. The standard InChI is InChI=1S/C9H14F2N2O/c10-9(11)3-6(4-9)5-13-7-1-2-12-8(7)14/h6-7,13H,1-5H2,(H,12,14). The number of carbonyl (C=O) groups is 1. The molecule has 2 rings (SSSR count). The smallest absolute Gasteiger partial charge is 0.248 e. The summed E-state index contributed by atoms with van der Waals surface area (Å²) in [7, 11) is 0. The van der Waals surface area contributed by atoms with Crippen LogP contribution in [0.4, 0.5) is 8.78 Å². The second-order valence-corrected chi connectivity index (χ2v) is 4.17. The molecular formula is C9H14F2N2O. The fourth-order valence-corrected chi connectivity index (χ4v) is 2.03. The van der Waals surface area contributed by atoms with Crippen LogP contribution in [0.2, 0.25) is 0 Å². The third-order valence-electron chi connectivity index (χ3n) is 2.88. The van der Waals surface area contributed by atoms with Crippen LogP contribution in [0.5, 0.6) is 0 Å². The van der Waals surface area contributed by atoms with Gasteiger partial charge in [0.25, 0.3) is 0 Å². The van der Waals surface area contributed by atoms with E-state index in [4.69, 9.17) is 0 Å². The SMILES string of the molecule is O=C1NCCC1NCC1CC(F)(F)C1. The van der Waals surface area contributed by atoms with E-state index in [1.165, 1.54) is 0 Å². The van der Waals surface area contributed by atoms with Crippen molar-refractivity contribution in [2.75, 3.05) is 13.1 Å². The Balaban J connectivity index is 1.66. The number of rotatable bonds is 3. The minimum absolute atomic E-state index is 0.00363. The number of amides is 1. The summed E-state index contributed by atoms with van der Waals surface area (Å²) in [6.45, 7) is 1.23. The van der Waals surface area contributed by atoms with Gasteiger partial charge in [0.2, 0.25) is 11.8 Å². The number of alkyl halides is 2. The molecule has 3 nitrogen and oxygen atoms in total. The first kappa shape index (κ1) is 9.83. The fraction of sp³-hybridized carbons (Fsp3) is 0.889. The zero-order valence-electron chi connectivity index (χ0n) is 7.85. The second-order valence-electron chi connectivity index (χ2n) is 4.17. The predicted octanol–water partition coefficient (Wildman–Crippen LogP) is 0.510. The van der Waals surface area contributed by atoms with Crippen LogP contribution in [0.3, 0.4) is 0 Å². The van der Waals surface area contributed by atoms with Gasteiger partial charge in [0, 0.05) is 19.4 Å². The van der Waals surface area contributed by atoms with Gasteiger partial charge in [-0.05, 0) is 18.9 Å². The highest BCUT2D eigenvalue weighted by Gasteiger charge is 2.45. The maximum atomic E-state index is 12.5. The third kappa shape index (κ3) is 2.03. The molecule has 1 saturated heterocycles. The minimum Gasteiger partial charge on any atom is -0.355 e. The van der Waals surface area contributed by atoms with Crippen molar-refractivity contribution in [2.45, 2.75) is 31.2 Å². The van der Waals surface area contributed by atoms with Gasteiger partial charge < -0.3 is 10.6 Å². The molecule has 0 aromatic rings. The Kier molecular flexibility index (Phi) is 2.43. The van der Waals surface area contributed by atoms with Crippen molar-refractivity contribution < 1.29 is 13.6 Å². The molecule has 0 aromatic heterocycles. The van der Waals surface area contributed by atoms with Crippen LogP contribution < -0.4 is 10.6 Å². The second kappa shape index (κ2) is 3.46. The van der Waals surface area contributed by atoms with E-state index in [2.05, 4.69) is 10.6 Å². The lowest BCUT2D eigenvalue weighted by molar-refractivity contribution is -0.121. The molecule has 0 radical (unpaired) electrons. The summed E-state index contributed by atoms with van der Waals surface area (Å²) in [5, 5.41) is 5.72. The van der Waals surface area contributed by atoms with Crippen LogP contribution >= 0.6 is 0 Å². The highest BCUT2D eigenvalue weighted by molar-refractivity contribution is 5.83. The summed E-state index contributed by atoms with van der Waals surface area (Å²) in [6, 6.07) is -0.163. The van der Waals surface area contributed by atoms with Crippen molar-refractivity contribution in [2.24, 2.45) is 5.92 Å². The lowest BCUT2D eigenvalue weighted by Crippen LogP contribution is -2.45. The molecule has 80 valence electrons. The molecule has 1 heterocycles. The molecule has 0 spiro atoms. The van der Waals surface area contributed by atoms with E-state index >= 15 is 0 Å². The van der Waals surface area contributed by atoms with E-state index in [1.807, 2.05) is 0 Å². The van der Waals surface area contributed by atoms with Crippen molar-refractivity contribution in [3.8, 4) is 0 Å². The van der Waals surface area contributed by atoms with Gasteiger partial charge in [-0.1, -0.05) is 0 Å². The molecular weight excluding hydrogens is 190 g/mol. The Morgan fingerprint density at radius 1 is 1.50 bits per heavy atom. The normalized spacial score (nSPS) is 31.3. The van der Waals surface area contributed by atoms with Crippen LogP contribution in [-0.2, 0) is 4.79 Å². The van der Waals surface area contributed by atoms with Gasteiger partial charge in [-0.15, -0.1) is 0 Å². The van der Waals surface area contributed by atoms with Gasteiger partial charge in [0.05, 0.1) is 6.04 Å². The highest BCUT2D eigenvalue weighted by atomic mass is 19.3. The van der Waals surface area contributed by atoms with Crippen LogP contribution in [0, 0.1) is 5.92 Å². The number of carbonyl (C=O) groups excluding carboxylic acids is 1. The van der Waals surface area contributed by atoms with Gasteiger partial charge in [-0.2, -0.15) is 0 Å². The first-order valence-electron chi connectivity index (χ1n) is 4.96. The number of nitrogens with one attached hydrogen (secondary N) is 2. The maximum Gasteiger partial charge on any atom is 0.248 e. The lowest BCUT2D eigenvalue weighted by atomic mass is 9.81. The van der Waals surface area contributed by atoms with Crippen LogP contribution in [0.25, 0.3) is 0 Å². The summed E-state index contributed by atoms with van der Waals surface area (Å²) in [4.78, 5) is 11.1. The molecule has 0 aromatic carbocycles. The maximum absolute atomic E-state index is 12.5. The molecule has 14 heavy (non-hydrogen) atoms. The highest BCUT2D eigenvalue weighted by Crippen LogP contribution is 2.41. The van der Waals surface area contributed by atoms with Crippen molar-refractivity contribution in [3.63, 3.8) is 0 Å². The molecule has 1 atom stereocenters. The van der Waals surface area contributed by atoms with E-state index in [-0.39, 0.29) is 30.7 Å². The van der Waals surface area contributed by atoms with E-state index < -0.39 is 5.92 Å². The summed E-state index contributed by atoms with van der Waals surface area (Å²) in [5.41, 5.74) is 0. The average Bonchev–Trinajstić information content (AvgIpc) is 2.44. The molecule has 1 amide bonds. The molecule has 2 aliphatic rings. The summed E-state index contributed by atoms with van der Waals surface area (Å²) in [5.74, 6) is -2.42. The minimum atomic E-state index is -2.45. The first-order valence-corrected chi connectivity index (χ1v) is 4.96. The van der Waals surface area contributed by atoms with Crippen molar-refractivity contribution in [1.82, 2.24) is 10.6 Å². The molecule has 1 saturated carbocycles. The number of hydrogen-bond acceptors (Lipinski definition) is 2. The lowest BCUT2D eigenvalue weighted by Gasteiger charge is -2.35. The van der Waals surface area contributed by atoms with Gasteiger partial charge in [0.15, 0.2) is 0 Å². The zero-order valence-corrected chi connectivity index (χ0v) is 7.85. The Morgan fingerprint density at radius 3 is 2.71 bits per heavy atom. The van der Waals surface area contributed by atoms with Crippen molar-refractivity contribution >= 4 is 5.91 Å². The fourth-order valence-electron chi connectivity index (χ4n) is 2.03. The molecule has 1 unspecified atom stereocenters. The Labute approximate surface area is 81.2 Å². The Hall–Kier alpha value is -0.710. The molecule has 0 bridgehead atoms. The Morgan fingerprint density at radius 2 is 2.21 bits per heavy atom. The summed E-state index contributed by atoms with van der Waals surface area (Å²) in [6.07, 6.45) is 0.699. The summed E-state index contributed by atoms with van der Waals surface area (Å²) < 4.78 is 24.9. The van der Waals surface area contributed by atoms with Gasteiger partial charge in [-0.3, -0.25) is 4.79 Å². The van der Waals surface area contributed by atoms with Crippen LogP contribution in [0.1, 0.15) is 19.3 Å². The molecule has 1 aliphatic heterocycles. The van der Waals surface area contributed by atoms with E-state index in [0.717, 1.165) is 6.42 Å². The van der Waals surface area contributed by atoms with Crippen LogP contribution in [0.15, 0.2) is 0 Å². The van der Waals surface area contributed by atoms with Crippen molar-refractivity contribution in [3.05, 3.63) is 0 Å². The molecule has 2 N–H and O–H groups in total. The molecule has 2 fully saturated rings. The van der Waals surface area contributed by atoms with Gasteiger partial charge in [0.1, 0.15) is 0 Å². The van der Waals surface area contributed by atoms with Crippen LogP contribution in [-0.4, -0.2) is 31.0 Å². The summed E-state index contributed by atoms with van der Waals surface area (Å²) >= 11 is 0. The van der Waals surface area contributed by atoms with Gasteiger partial charge in [-0.25, -0.2) is 8.78 Å². The molecule has 5 heteroatoms. The van der Waals surface area contributed by atoms with E-state index in [0.29, 0.717) is 13.1 Å². The van der Waals surface area contributed by atoms with E-state index in [1.54, 1.807) is 0 Å². The average molecular weight is 204 g/mol. The van der Waals surface area contributed by atoms with Gasteiger partial charge >= 0.3 is 0 Å². The predicted molar refractivity (Wildman–Crippen MR) is 47.1 cm³/mol. The number of hydrogen-bond donors (Lipinski definition) is 2. The Bertz CT molecular complexity index is 237. The third-order valence-corrected chi connectivity index (χ3v) is 2.88. The number of halogens is 2.